The normalized spacial score (nSPS) is 16.1. The molecule has 1 fully saturated rings. The lowest BCUT2D eigenvalue weighted by atomic mass is 10.1. The Labute approximate surface area is 159 Å². The monoisotopic (exact) mass is 375 g/mol. The van der Waals surface area contributed by atoms with Crippen molar-refractivity contribution in [2.24, 2.45) is 5.92 Å². The lowest BCUT2D eigenvalue weighted by molar-refractivity contribution is 0.0930. The summed E-state index contributed by atoms with van der Waals surface area (Å²) in [6.45, 7) is 8.58. The number of pyridine rings is 1. The fraction of sp³-hybridized carbons (Fsp3) is 0.500. The summed E-state index contributed by atoms with van der Waals surface area (Å²) in [5.74, 6) is 0.355. The third-order valence-electron chi connectivity index (χ3n) is 4.58. The molecule has 2 heterocycles. The maximum atomic E-state index is 12.2. The van der Waals surface area contributed by atoms with E-state index in [-0.39, 0.29) is 6.09 Å². The highest BCUT2D eigenvalue weighted by Gasteiger charge is 2.21. The highest BCUT2D eigenvalue weighted by Crippen LogP contribution is 2.25. The summed E-state index contributed by atoms with van der Waals surface area (Å²) in [4.78, 5) is 20.9. The van der Waals surface area contributed by atoms with Crippen molar-refractivity contribution >= 4 is 28.6 Å². The fourth-order valence-corrected chi connectivity index (χ4v) is 3.42. The zero-order valence-electron chi connectivity index (χ0n) is 15.4. The fourth-order valence-electron chi connectivity index (χ4n) is 3.21. The van der Waals surface area contributed by atoms with Crippen molar-refractivity contribution in [1.29, 1.82) is 0 Å². The van der Waals surface area contributed by atoms with Gasteiger partial charge in [-0.25, -0.2) is 4.79 Å². The molecule has 1 aromatic heterocycles. The Morgan fingerprint density at radius 1 is 1.23 bits per heavy atom. The first-order valence-electron chi connectivity index (χ1n) is 9.20. The number of hydrogen-bond acceptors (Lipinski definition) is 4. The average molecular weight is 376 g/mol. The Balaban J connectivity index is 1.64. The molecule has 26 heavy (non-hydrogen) atoms. The van der Waals surface area contributed by atoms with Crippen LogP contribution in [0, 0.1) is 5.92 Å². The van der Waals surface area contributed by atoms with Crippen molar-refractivity contribution in [2.45, 2.75) is 26.8 Å². The van der Waals surface area contributed by atoms with Gasteiger partial charge in [0, 0.05) is 49.3 Å². The van der Waals surface area contributed by atoms with E-state index in [4.69, 9.17) is 16.3 Å². The first kappa shape index (κ1) is 18.9. The van der Waals surface area contributed by atoms with Gasteiger partial charge in [0.05, 0.1) is 12.1 Å². The van der Waals surface area contributed by atoms with E-state index in [1.54, 1.807) is 6.20 Å². The maximum absolute atomic E-state index is 12.2. The van der Waals surface area contributed by atoms with Gasteiger partial charge in [-0.3, -0.25) is 9.88 Å². The van der Waals surface area contributed by atoms with Gasteiger partial charge in [-0.1, -0.05) is 31.5 Å². The van der Waals surface area contributed by atoms with Crippen LogP contribution in [-0.2, 0) is 11.3 Å². The van der Waals surface area contributed by atoms with Gasteiger partial charge in [-0.15, -0.1) is 0 Å². The van der Waals surface area contributed by atoms with Gasteiger partial charge in [-0.05, 0) is 36.1 Å². The number of amides is 1. The van der Waals surface area contributed by atoms with Crippen LogP contribution >= 0.6 is 11.6 Å². The Morgan fingerprint density at radius 2 is 2.08 bits per heavy atom. The molecule has 0 saturated carbocycles. The van der Waals surface area contributed by atoms with Crippen LogP contribution in [0.2, 0.25) is 5.02 Å². The van der Waals surface area contributed by atoms with E-state index in [1.165, 1.54) is 5.56 Å². The van der Waals surface area contributed by atoms with Gasteiger partial charge in [0.2, 0.25) is 0 Å². The van der Waals surface area contributed by atoms with E-state index in [0.717, 1.165) is 48.5 Å². The summed E-state index contributed by atoms with van der Waals surface area (Å²) in [6.07, 6.45) is 2.55. The molecular weight excluding hydrogens is 350 g/mol. The van der Waals surface area contributed by atoms with Crippen LogP contribution in [0.3, 0.4) is 0 Å². The number of nitrogens with zero attached hydrogens (tertiary/aromatic N) is 3. The van der Waals surface area contributed by atoms with Crippen LogP contribution in [-0.4, -0.2) is 53.7 Å². The van der Waals surface area contributed by atoms with E-state index in [9.17, 15) is 4.79 Å². The second-order valence-electron chi connectivity index (χ2n) is 7.19. The smallest absolute Gasteiger partial charge is 0.409 e. The zero-order chi connectivity index (χ0) is 18.5. The average Bonchev–Trinajstić information content (AvgIpc) is 2.88. The molecule has 0 aliphatic carbocycles. The molecule has 0 spiro atoms. The third kappa shape index (κ3) is 4.65. The van der Waals surface area contributed by atoms with Gasteiger partial charge in [0.15, 0.2) is 0 Å². The van der Waals surface area contributed by atoms with Crippen molar-refractivity contribution in [1.82, 2.24) is 14.8 Å². The van der Waals surface area contributed by atoms with Crippen molar-refractivity contribution in [3.8, 4) is 0 Å². The Hall–Kier alpha value is -1.85. The van der Waals surface area contributed by atoms with Gasteiger partial charge in [0.25, 0.3) is 0 Å². The molecule has 1 aromatic carbocycles. The number of aromatic nitrogens is 1. The quantitative estimate of drug-likeness (QED) is 0.803. The second-order valence-corrected chi connectivity index (χ2v) is 7.60. The zero-order valence-corrected chi connectivity index (χ0v) is 16.2. The van der Waals surface area contributed by atoms with Gasteiger partial charge < -0.3 is 9.64 Å². The molecule has 1 aliphatic heterocycles. The molecule has 6 heteroatoms. The minimum atomic E-state index is -0.195. The van der Waals surface area contributed by atoms with E-state index >= 15 is 0 Å². The first-order chi connectivity index (χ1) is 12.5. The number of halogens is 1. The third-order valence-corrected chi connectivity index (χ3v) is 4.91. The second kappa shape index (κ2) is 8.69. The van der Waals surface area contributed by atoms with E-state index in [1.807, 2.05) is 36.9 Å². The van der Waals surface area contributed by atoms with Crippen molar-refractivity contribution in [3.05, 3.63) is 41.0 Å². The number of ether oxygens (including phenoxy) is 1. The summed E-state index contributed by atoms with van der Waals surface area (Å²) in [5, 5.41) is 1.71. The highest BCUT2D eigenvalue weighted by molar-refractivity contribution is 6.35. The van der Waals surface area contributed by atoms with E-state index in [0.29, 0.717) is 19.1 Å². The largest absolute Gasteiger partial charge is 0.449 e. The van der Waals surface area contributed by atoms with Crippen LogP contribution in [0.25, 0.3) is 10.9 Å². The Morgan fingerprint density at radius 3 is 2.88 bits per heavy atom. The molecule has 0 bridgehead atoms. The highest BCUT2D eigenvalue weighted by atomic mass is 35.5. The predicted molar refractivity (Wildman–Crippen MR) is 104 cm³/mol. The van der Waals surface area contributed by atoms with Crippen molar-refractivity contribution < 1.29 is 9.53 Å². The Bertz CT molecular complexity index is 766. The number of hydrogen-bond donors (Lipinski definition) is 0. The van der Waals surface area contributed by atoms with Crippen molar-refractivity contribution in [2.75, 3.05) is 32.8 Å². The van der Waals surface area contributed by atoms with Crippen LogP contribution in [0.15, 0.2) is 30.5 Å². The standard InChI is InChI=1S/C20H26ClN3O2/c1-15(2)14-26-20(25)24-10-4-9-23(11-12-24)13-16-6-7-18(21)17-5-3-8-22-19(16)17/h3,5-8,15H,4,9-14H2,1-2H3. The molecule has 0 N–H and O–H groups in total. The minimum absolute atomic E-state index is 0.195. The predicted octanol–water partition coefficient (Wildman–Crippen LogP) is 4.19. The first-order valence-corrected chi connectivity index (χ1v) is 9.58. The summed E-state index contributed by atoms with van der Waals surface area (Å²) in [6, 6.07) is 7.90. The van der Waals surface area contributed by atoms with Gasteiger partial charge in [0.1, 0.15) is 0 Å². The molecular formula is C20H26ClN3O2. The molecule has 3 rings (SSSR count). The lowest BCUT2D eigenvalue weighted by Gasteiger charge is -2.22. The lowest BCUT2D eigenvalue weighted by Crippen LogP contribution is -2.36. The minimum Gasteiger partial charge on any atom is -0.449 e. The number of rotatable bonds is 4. The van der Waals surface area contributed by atoms with Crippen molar-refractivity contribution in [3.63, 3.8) is 0 Å². The Kier molecular flexibility index (Phi) is 6.33. The molecule has 140 valence electrons. The van der Waals surface area contributed by atoms with Crippen LogP contribution < -0.4 is 0 Å². The summed E-state index contributed by atoms with van der Waals surface area (Å²) >= 11 is 6.29. The van der Waals surface area contributed by atoms with Gasteiger partial charge >= 0.3 is 6.09 Å². The van der Waals surface area contributed by atoms with Crippen LogP contribution in [0.4, 0.5) is 4.79 Å². The number of fused-ring (bicyclic) bond motifs is 1. The molecule has 2 aromatic rings. The van der Waals surface area contributed by atoms with E-state index < -0.39 is 0 Å². The summed E-state index contributed by atoms with van der Waals surface area (Å²) in [5.41, 5.74) is 2.12. The van der Waals surface area contributed by atoms with Crippen LogP contribution in [0.1, 0.15) is 25.8 Å². The molecule has 0 radical (unpaired) electrons. The SMILES string of the molecule is CC(C)COC(=O)N1CCCN(Cc2ccc(Cl)c3cccnc23)CC1. The molecule has 0 unspecified atom stereocenters. The van der Waals surface area contributed by atoms with E-state index in [2.05, 4.69) is 16.0 Å². The number of carbonyl (C=O) groups is 1. The summed E-state index contributed by atoms with van der Waals surface area (Å²) < 4.78 is 5.37. The summed E-state index contributed by atoms with van der Waals surface area (Å²) in [7, 11) is 0. The molecule has 1 saturated heterocycles. The maximum Gasteiger partial charge on any atom is 0.409 e. The molecule has 5 nitrogen and oxygen atoms in total. The molecule has 1 amide bonds. The molecule has 1 aliphatic rings. The molecule has 0 atom stereocenters. The number of benzene rings is 1. The topological polar surface area (TPSA) is 45.7 Å². The van der Waals surface area contributed by atoms with Gasteiger partial charge in [-0.2, -0.15) is 0 Å². The number of carbonyl (C=O) groups excluding carboxylic acids is 1. The van der Waals surface area contributed by atoms with Crippen LogP contribution in [0.5, 0.6) is 0 Å².